The van der Waals surface area contributed by atoms with E-state index in [2.05, 4.69) is 34.8 Å². The molecule has 0 fully saturated rings. The summed E-state index contributed by atoms with van der Waals surface area (Å²) in [7, 11) is 0. The fraction of sp³-hybridized carbons (Fsp3) is 0.643. The van der Waals surface area contributed by atoms with Gasteiger partial charge in [-0.15, -0.1) is 11.8 Å². The zero-order valence-corrected chi connectivity index (χ0v) is 14.2. The summed E-state index contributed by atoms with van der Waals surface area (Å²) < 4.78 is 0. The van der Waals surface area contributed by atoms with Gasteiger partial charge in [0.2, 0.25) is 0 Å². The first-order valence-electron chi connectivity index (χ1n) is 6.46. The molecule has 0 bridgehead atoms. The molecule has 0 aliphatic carbocycles. The second-order valence-corrected chi connectivity index (χ2v) is 6.73. The van der Waals surface area contributed by atoms with Gasteiger partial charge in [0, 0.05) is 17.3 Å². The molecule has 0 saturated carbocycles. The van der Waals surface area contributed by atoms with Gasteiger partial charge in [-0.2, -0.15) is 0 Å². The second kappa shape index (κ2) is 8.44. The number of thioether (sulfide) groups is 1. The molecule has 0 saturated heterocycles. The monoisotopic (exact) mass is 349 g/mol. The molecule has 0 N–H and O–H groups in total. The lowest BCUT2D eigenvalue weighted by molar-refractivity contribution is 0.320. The van der Waals surface area contributed by atoms with Gasteiger partial charge in [-0.05, 0) is 30.4 Å². The van der Waals surface area contributed by atoms with Crippen LogP contribution in [-0.4, -0.2) is 16.1 Å². The van der Waals surface area contributed by atoms with E-state index in [1.807, 2.05) is 23.9 Å². The van der Waals surface area contributed by atoms with Crippen LogP contribution in [0.1, 0.15) is 39.5 Å². The quantitative estimate of drug-likeness (QED) is 0.433. The Kier molecular flexibility index (Phi) is 7.66. The summed E-state index contributed by atoms with van der Waals surface area (Å²) in [6, 6.07) is 3.91. The number of nitrogens with zero attached hydrogens (tertiary/aromatic N) is 1. The van der Waals surface area contributed by atoms with E-state index in [4.69, 9.17) is 11.6 Å². The summed E-state index contributed by atoms with van der Waals surface area (Å²) in [4.78, 5) is 4.35. The first-order valence-corrected chi connectivity index (χ1v) is 8.94. The van der Waals surface area contributed by atoms with Gasteiger partial charge < -0.3 is 0 Å². The van der Waals surface area contributed by atoms with Crippen molar-refractivity contribution in [2.75, 3.05) is 11.1 Å². The molecule has 0 aliphatic rings. The third-order valence-corrected chi connectivity index (χ3v) is 5.78. The Labute approximate surface area is 128 Å². The predicted octanol–water partition coefficient (Wildman–Crippen LogP) is 5.81. The molecule has 0 atom stereocenters. The van der Waals surface area contributed by atoms with E-state index >= 15 is 0 Å². The highest BCUT2D eigenvalue weighted by atomic mass is 79.9. The standard InChI is InChI=1S/C14H21BrClNS/c1-3-7-14(10-15,8-4-2)11-18-13-6-5-12(16)9-17-13/h5-6,9H,3-4,7-8,10-11H2,1-2H3. The molecule has 18 heavy (non-hydrogen) atoms. The molecule has 0 spiro atoms. The van der Waals surface area contributed by atoms with E-state index < -0.39 is 0 Å². The van der Waals surface area contributed by atoms with Gasteiger partial charge in [0.05, 0.1) is 10.0 Å². The van der Waals surface area contributed by atoms with Crippen molar-refractivity contribution >= 4 is 39.3 Å². The van der Waals surface area contributed by atoms with Crippen LogP contribution in [0.5, 0.6) is 0 Å². The summed E-state index contributed by atoms with van der Waals surface area (Å²) in [5.41, 5.74) is 0.398. The minimum Gasteiger partial charge on any atom is -0.248 e. The first kappa shape index (κ1) is 16.3. The molecule has 0 unspecified atom stereocenters. The van der Waals surface area contributed by atoms with Crippen LogP contribution in [-0.2, 0) is 0 Å². The van der Waals surface area contributed by atoms with Gasteiger partial charge in [0.25, 0.3) is 0 Å². The van der Waals surface area contributed by atoms with Crippen molar-refractivity contribution in [2.45, 2.75) is 44.6 Å². The van der Waals surface area contributed by atoms with Crippen LogP contribution in [0.2, 0.25) is 5.02 Å². The van der Waals surface area contributed by atoms with Gasteiger partial charge in [-0.1, -0.05) is 54.2 Å². The smallest absolute Gasteiger partial charge is 0.0961 e. The van der Waals surface area contributed by atoms with Crippen LogP contribution in [0, 0.1) is 5.41 Å². The Morgan fingerprint density at radius 3 is 2.39 bits per heavy atom. The summed E-state index contributed by atoms with van der Waals surface area (Å²) in [6.45, 7) is 4.52. The summed E-state index contributed by atoms with van der Waals surface area (Å²) in [5.74, 6) is 1.12. The largest absolute Gasteiger partial charge is 0.248 e. The van der Waals surface area contributed by atoms with E-state index in [1.54, 1.807) is 6.20 Å². The highest BCUT2D eigenvalue weighted by Crippen LogP contribution is 2.37. The molecule has 0 radical (unpaired) electrons. The Hall–Kier alpha value is 0.270. The van der Waals surface area contributed by atoms with Gasteiger partial charge in [0.15, 0.2) is 0 Å². The maximum absolute atomic E-state index is 5.85. The van der Waals surface area contributed by atoms with Crippen molar-refractivity contribution in [3.05, 3.63) is 23.4 Å². The van der Waals surface area contributed by atoms with Gasteiger partial charge in [-0.25, -0.2) is 4.98 Å². The number of rotatable bonds is 8. The molecule has 0 aromatic carbocycles. The van der Waals surface area contributed by atoms with Crippen LogP contribution in [0.4, 0.5) is 0 Å². The average Bonchev–Trinajstić information content (AvgIpc) is 2.38. The van der Waals surface area contributed by atoms with Crippen molar-refractivity contribution in [2.24, 2.45) is 5.41 Å². The lowest BCUT2D eigenvalue weighted by atomic mass is 9.83. The van der Waals surface area contributed by atoms with Gasteiger partial charge in [0.1, 0.15) is 0 Å². The predicted molar refractivity (Wildman–Crippen MR) is 86.0 cm³/mol. The fourth-order valence-corrected chi connectivity index (χ4v) is 4.45. The van der Waals surface area contributed by atoms with E-state index in [0.717, 1.165) is 16.1 Å². The number of aromatic nitrogens is 1. The van der Waals surface area contributed by atoms with Crippen molar-refractivity contribution in [1.29, 1.82) is 0 Å². The van der Waals surface area contributed by atoms with Gasteiger partial charge in [-0.3, -0.25) is 0 Å². The zero-order valence-electron chi connectivity index (χ0n) is 11.1. The molecule has 0 aliphatic heterocycles. The third-order valence-electron chi connectivity index (χ3n) is 3.07. The number of hydrogen-bond donors (Lipinski definition) is 0. The first-order chi connectivity index (χ1) is 8.65. The molecule has 1 heterocycles. The Morgan fingerprint density at radius 1 is 1.28 bits per heavy atom. The molecule has 102 valence electrons. The van der Waals surface area contributed by atoms with Gasteiger partial charge >= 0.3 is 0 Å². The number of pyridine rings is 1. The van der Waals surface area contributed by atoms with E-state index in [-0.39, 0.29) is 0 Å². The molecular weight excluding hydrogens is 330 g/mol. The summed E-state index contributed by atoms with van der Waals surface area (Å²) >= 11 is 11.4. The van der Waals surface area contributed by atoms with Crippen LogP contribution >= 0.6 is 39.3 Å². The molecular formula is C14H21BrClNS. The molecule has 1 aromatic heterocycles. The molecule has 1 nitrogen and oxygen atoms in total. The summed E-state index contributed by atoms with van der Waals surface area (Å²) in [5, 5.41) is 2.84. The highest BCUT2D eigenvalue weighted by Gasteiger charge is 2.27. The zero-order chi connectivity index (χ0) is 13.4. The van der Waals surface area contributed by atoms with E-state index in [0.29, 0.717) is 10.4 Å². The second-order valence-electron chi connectivity index (χ2n) is 4.74. The maximum Gasteiger partial charge on any atom is 0.0961 e. The number of halogens is 2. The number of hydrogen-bond acceptors (Lipinski definition) is 2. The fourth-order valence-electron chi connectivity index (χ4n) is 2.18. The maximum atomic E-state index is 5.85. The lowest BCUT2D eigenvalue weighted by Gasteiger charge is -2.31. The number of alkyl halides is 1. The highest BCUT2D eigenvalue weighted by molar-refractivity contribution is 9.09. The van der Waals surface area contributed by atoms with Crippen molar-refractivity contribution in [3.63, 3.8) is 0 Å². The van der Waals surface area contributed by atoms with Crippen LogP contribution < -0.4 is 0 Å². The average molecular weight is 351 g/mol. The summed E-state index contributed by atoms with van der Waals surface area (Å²) in [6.07, 6.45) is 6.74. The molecule has 1 aromatic rings. The third kappa shape index (κ3) is 5.10. The van der Waals surface area contributed by atoms with Crippen LogP contribution in [0.15, 0.2) is 23.4 Å². The molecule has 4 heteroatoms. The topological polar surface area (TPSA) is 12.9 Å². The minimum absolute atomic E-state index is 0.398. The van der Waals surface area contributed by atoms with Crippen LogP contribution in [0.3, 0.4) is 0 Å². The van der Waals surface area contributed by atoms with Crippen molar-refractivity contribution < 1.29 is 0 Å². The van der Waals surface area contributed by atoms with Crippen molar-refractivity contribution in [1.82, 2.24) is 4.98 Å². The van der Waals surface area contributed by atoms with E-state index in [9.17, 15) is 0 Å². The Morgan fingerprint density at radius 2 is 1.94 bits per heavy atom. The normalized spacial score (nSPS) is 11.8. The minimum atomic E-state index is 0.398. The lowest BCUT2D eigenvalue weighted by Crippen LogP contribution is -2.25. The molecule has 0 amide bonds. The Bertz CT molecular complexity index is 336. The Balaban J connectivity index is 2.63. The van der Waals surface area contributed by atoms with E-state index in [1.165, 1.54) is 25.7 Å². The van der Waals surface area contributed by atoms with Crippen molar-refractivity contribution in [3.8, 4) is 0 Å². The SMILES string of the molecule is CCCC(CBr)(CCC)CSc1ccc(Cl)cn1. The van der Waals surface area contributed by atoms with Crippen LogP contribution in [0.25, 0.3) is 0 Å². The molecule has 1 rings (SSSR count).